The Hall–Kier alpha value is -6.33. The lowest BCUT2D eigenvalue weighted by Crippen LogP contribution is -1.97. The van der Waals surface area contributed by atoms with Crippen LogP contribution in [0.4, 0.5) is 0 Å². The number of aromatic nitrogens is 5. The highest BCUT2D eigenvalue weighted by Gasteiger charge is 2.13. The Bertz CT molecular complexity index is 2160. The van der Waals surface area contributed by atoms with E-state index in [0.717, 1.165) is 72.5 Å². The molecule has 5 heteroatoms. The smallest absolute Gasteiger partial charge is 0.160 e. The highest BCUT2D eigenvalue weighted by Crippen LogP contribution is 2.31. The second kappa shape index (κ2) is 12.0. The molecule has 216 valence electrons. The topological polar surface area (TPSA) is 64.5 Å². The summed E-state index contributed by atoms with van der Waals surface area (Å²) in [7, 11) is 0. The van der Waals surface area contributed by atoms with E-state index >= 15 is 0 Å². The van der Waals surface area contributed by atoms with Crippen LogP contribution in [0, 0.1) is 0 Å². The van der Waals surface area contributed by atoms with Gasteiger partial charge in [0.15, 0.2) is 5.82 Å². The summed E-state index contributed by atoms with van der Waals surface area (Å²) in [5.41, 5.74) is 11.9. The first kappa shape index (κ1) is 27.2. The SMILES string of the molecule is c1ccc(-c2ccc(-c3cc(-c4ccc(-c5ccncc5)cc4)nc(-c4ccc(-c5cnc6ccccc6c5)cc4)n3)nc2)cc1. The van der Waals surface area contributed by atoms with Gasteiger partial charge < -0.3 is 0 Å². The maximum Gasteiger partial charge on any atom is 0.160 e. The van der Waals surface area contributed by atoms with Gasteiger partial charge in [0.1, 0.15) is 0 Å². The molecule has 0 aliphatic carbocycles. The largest absolute Gasteiger partial charge is 0.265 e. The average Bonchev–Trinajstić information content (AvgIpc) is 3.15. The summed E-state index contributed by atoms with van der Waals surface area (Å²) < 4.78 is 0. The van der Waals surface area contributed by atoms with Crippen molar-refractivity contribution in [3.63, 3.8) is 0 Å². The van der Waals surface area contributed by atoms with Crippen molar-refractivity contribution in [2.75, 3.05) is 0 Å². The van der Waals surface area contributed by atoms with E-state index in [1.807, 2.05) is 85.5 Å². The highest BCUT2D eigenvalue weighted by molar-refractivity contribution is 5.84. The lowest BCUT2D eigenvalue weighted by molar-refractivity contribution is 1.16. The monoisotopic (exact) mass is 589 g/mol. The molecule has 0 amide bonds. The predicted octanol–water partition coefficient (Wildman–Crippen LogP) is 9.82. The molecule has 0 saturated carbocycles. The number of nitrogens with zero attached hydrogens (tertiary/aromatic N) is 5. The van der Waals surface area contributed by atoms with E-state index < -0.39 is 0 Å². The Kier molecular flexibility index (Phi) is 7.09. The van der Waals surface area contributed by atoms with E-state index in [0.29, 0.717) is 5.82 Å². The second-order valence-corrected chi connectivity index (χ2v) is 11.1. The number of para-hydroxylation sites is 1. The summed E-state index contributed by atoms with van der Waals surface area (Å²) in [6.45, 7) is 0. The van der Waals surface area contributed by atoms with E-state index in [9.17, 15) is 0 Å². The number of benzene rings is 4. The summed E-state index contributed by atoms with van der Waals surface area (Å²) in [6, 6.07) is 47.6. The van der Waals surface area contributed by atoms with Crippen LogP contribution in [0.3, 0.4) is 0 Å². The highest BCUT2D eigenvalue weighted by atomic mass is 14.9. The molecule has 0 radical (unpaired) electrons. The van der Waals surface area contributed by atoms with Gasteiger partial charge in [-0.1, -0.05) is 103 Å². The fourth-order valence-corrected chi connectivity index (χ4v) is 5.62. The van der Waals surface area contributed by atoms with Gasteiger partial charge in [-0.3, -0.25) is 15.0 Å². The molecule has 0 unspecified atom stereocenters. The van der Waals surface area contributed by atoms with Gasteiger partial charge in [0, 0.05) is 52.4 Å². The van der Waals surface area contributed by atoms with Crippen LogP contribution in [0.2, 0.25) is 0 Å². The quantitative estimate of drug-likeness (QED) is 0.193. The van der Waals surface area contributed by atoms with Crippen molar-refractivity contribution in [1.29, 1.82) is 0 Å². The van der Waals surface area contributed by atoms with E-state index in [-0.39, 0.29) is 0 Å². The molecule has 0 fully saturated rings. The van der Waals surface area contributed by atoms with E-state index in [1.165, 1.54) is 0 Å². The Labute approximate surface area is 267 Å². The fraction of sp³-hybridized carbons (Fsp3) is 0. The Morgan fingerprint density at radius 2 is 0.935 bits per heavy atom. The van der Waals surface area contributed by atoms with E-state index in [1.54, 1.807) is 0 Å². The second-order valence-electron chi connectivity index (χ2n) is 11.1. The molecule has 46 heavy (non-hydrogen) atoms. The lowest BCUT2D eigenvalue weighted by Gasteiger charge is -2.11. The van der Waals surface area contributed by atoms with Crippen molar-refractivity contribution in [1.82, 2.24) is 24.9 Å². The predicted molar refractivity (Wildman–Crippen MR) is 186 cm³/mol. The van der Waals surface area contributed by atoms with Crippen LogP contribution in [0.25, 0.3) is 78.3 Å². The summed E-state index contributed by atoms with van der Waals surface area (Å²) in [6.07, 6.45) is 7.45. The van der Waals surface area contributed by atoms with Crippen molar-refractivity contribution < 1.29 is 0 Å². The minimum Gasteiger partial charge on any atom is -0.265 e. The zero-order valence-electron chi connectivity index (χ0n) is 24.8. The average molecular weight is 590 g/mol. The van der Waals surface area contributed by atoms with Gasteiger partial charge in [-0.2, -0.15) is 0 Å². The molecule has 8 aromatic rings. The minimum absolute atomic E-state index is 0.642. The molecule has 0 N–H and O–H groups in total. The normalized spacial score (nSPS) is 11.0. The number of hydrogen-bond donors (Lipinski definition) is 0. The molecule has 4 aromatic heterocycles. The van der Waals surface area contributed by atoms with Crippen LogP contribution in [-0.4, -0.2) is 24.9 Å². The Morgan fingerprint density at radius 1 is 0.348 bits per heavy atom. The molecular formula is C41H27N5. The molecule has 0 bridgehead atoms. The molecule has 4 aromatic carbocycles. The minimum atomic E-state index is 0.642. The summed E-state index contributed by atoms with van der Waals surface area (Å²) >= 11 is 0. The fourth-order valence-electron chi connectivity index (χ4n) is 5.62. The first-order chi connectivity index (χ1) is 22.8. The molecule has 8 rings (SSSR count). The molecular weight excluding hydrogens is 562 g/mol. The Morgan fingerprint density at radius 3 is 1.70 bits per heavy atom. The van der Waals surface area contributed by atoms with Crippen LogP contribution in [0.1, 0.15) is 0 Å². The van der Waals surface area contributed by atoms with Gasteiger partial charge in [-0.05, 0) is 58.7 Å². The summed E-state index contributed by atoms with van der Waals surface area (Å²) in [5, 5.41) is 1.12. The van der Waals surface area contributed by atoms with Gasteiger partial charge in [0.05, 0.1) is 22.6 Å². The van der Waals surface area contributed by atoms with Crippen LogP contribution < -0.4 is 0 Å². The third kappa shape index (κ3) is 5.53. The zero-order chi connectivity index (χ0) is 30.7. The number of rotatable bonds is 6. The van der Waals surface area contributed by atoms with Crippen molar-refractivity contribution >= 4 is 10.9 Å². The molecule has 5 nitrogen and oxygen atoms in total. The van der Waals surface area contributed by atoms with Crippen LogP contribution in [0.5, 0.6) is 0 Å². The first-order valence-electron chi connectivity index (χ1n) is 15.1. The molecule has 0 aliphatic heterocycles. The standard InChI is InChI=1S/C41H27N5/c1-2-6-28(7-3-1)35-18-19-38(44-26-35)40-25-39(32-14-10-29(11-15-32)31-20-22-42-23-21-31)45-41(46-40)33-16-12-30(13-17-33)36-24-34-8-4-5-9-37(34)43-27-36/h1-27H. The van der Waals surface area contributed by atoms with Crippen molar-refractivity contribution in [3.05, 3.63) is 164 Å². The van der Waals surface area contributed by atoms with Crippen LogP contribution in [0.15, 0.2) is 164 Å². The number of fused-ring (bicyclic) bond motifs is 1. The molecule has 0 atom stereocenters. The molecule has 0 aliphatic rings. The van der Waals surface area contributed by atoms with Gasteiger partial charge in [0.25, 0.3) is 0 Å². The lowest BCUT2D eigenvalue weighted by atomic mass is 10.0. The molecule has 0 spiro atoms. The van der Waals surface area contributed by atoms with Crippen molar-refractivity contribution in [2.24, 2.45) is 0 Å². The zero-order valence-corrected chi connectivity index (χ0v) is 24.8. The van der Waals surface area contributed by atoms with Crippen molar-refractivity contribution in [2.45, 2.75) is 0 Å². The third-order valence-corrected chi connectivity index (χ3v) is 8.12. The summed E-state index contributed by atoms with van der Waals surface area (Å²) in [5.74, 6) is 0.642. The summed E-state index contributed by atoms with van der Waals surface area (Å²) in [4.78, 5) is 23.7. The van der Waals surface area contributed by atoms with E-state index in [2.05, 4.69) is 88.8 Å². The van der Waals surface area contributed by atoms with Gasteiger partial charge in [-0.25, -0.2) is 9.97 Å². The maximum atomic E-state index is 5.05. The van der Waals surface area contributed by atoms with Gasteiger partial charge in [-0.15, -0.1) is 0 Å². The van der Waals surface area contributed by atoms with Gasteiger partial charge >= 0.3 is 0 Å². The Balaban J connectivity index is 1.18. The van der Waals surface area contributed by atoms with E-state index in [4.69, 9.17) is 15.0 Å². The van der Waals surface area contributed by atoms with Gasteiger partial charge in [0.2, 0.25) is 0 Å². The number of pyridine rings is 3. The first-order valence-corrected chi connectivity index (χ1v) is 15.1. The molecule has 4 heterocycles. The number of hydrogen-bond acceptors (Lipinski definition) is 5. The van der Waals surface area contributed by atoms with Crippen LogP contribution in [-0.2, 0) is 0 Å². The maximum absolute atomic E-state index is 5.05. The molecule has 0 saturated heterocycles. The third-order valence-electron chi connectivity index (χ3n) is 8.12. The van der Waals surface area contributed by atoms with Crippen molar-refractivity contribution in [3.8, 4) is 67.4 Å². The van der Waals surface area contributed by atoms with Crippen LogP contribution >= 0.6 is 0 Å².